The predicted molar refractivity (Wildman–Crippen MR) is 95.8 cm³/mol. The van der Waals surface area contributed by atoms with E-state index in [1.165, 1.54) is 12.1 Å². The number of nitrogens with one attached hydrogen (secondary N) is 1. The molecule has 1 N–H and O–H groups in total. The van der Waals surface area contributed by atoms with Gasteiger partial charge in [0, 0.05) is 24.1 Å². The number of aromatic nitrogens is 2. The Bertz CT molecular complexity index is 826. The van der Waals surface area contributed by atoms with Crippen LogP contribution >= 0.6 is 11.6 Å². The Morgan fingerprint density at radius 3 is 2.62 bits per heavy atom. The minimum atomic E-state index is -0.460. The average molecular weight is 343 g/mol. The van der Waals surface area contributed by atoms with Gasteiger partial charge in [0.2, 0.25) is 5.95 Å². The summed E-state index contributed by atoms with van der Waals surface area (Å²) >= 11 is 5.80. The van der Waals surface area contributed by atoms with Gasteiger partial charge in [0.05, 0.1) is 5.02 Å². The molecule has 24 heavy (non-hydrogen) atoms. The zero-order valence-corrected chi connectivity index (χ0v) is 13.8. The molecule has 122 valence electrons. The van der Waals surface area contributed by atoms with Crippen molar-refractivity contribution in [2.45, 2.75) is 6.92 Å². The molecular formula is C18H16ClFN4. The van der Waals surface area contributed by atoms with Crippen LogP contribution in [-0.2, 0) is 0 Å². The highest BCUT2D eigenvalue weighted by atomic mass is 35.5. The van der Waals surface area contributed by atoms with Crippen LogP contribution in [-0.4, -0.2) is 16.5 Å². The maximum atomic E-state index is 13.2. The van der Waals surface area contributed by atoms with Crippen molar-refractivity contribution < 1.29 is 4.39 Å². The molecule has 0 aliphatic rings. The largest absolute Gasteiger partial charge is 0.327 e. The summed E-state index contributed by atoms with van der Waals surface area (Å²) in [6.07, 6.45) is 1.68. The first-order valence-corrected chi connectivity index (χ1v) is 7.93. The van der Waals surface area contributed by atoms with E-state index in [2.05, 4.69) is 27.1 Å². The van der Waals surface area contributed by atoms with E-state index in [4.69, 9.17) is 11.6 Å². The third kappa shape index (κ3) is 3.63. The quantitative estimate of drug-likeness (QED) is 0.694. The molecule has 0 unspecified atom stereocenters. The highest BCUT2D eigenvalue weighted by Crippen LogP contribution is 2.25. The van der Waals surface area contributed by atoms with Gasteiger partial charge in [-0.1, -0.05) is 29.8 Å². The fourth-order valence-corrected chi connectivity index (χ4v) is 2.53. The first kappa shape index (κ1) is 16.2. The molecule has 0 radical (unpaired) electrons. The summed E-state index contributed by atoms with van der Waals surface area (Å²) in [5, 5.41) is 3.09. The third-order valence-corrected chi connectivity index (χ3v) is 3.77. The van der Waals surface area contributed by atoms with Crippen LogP contribution in [0.4, 0.5) is 27.5 Å². The smallest absolute Gasteiger partial charge is 0.229 e. The van der Waals surface area contributed by atoms with Gasteiger partial charge in [-0.3, -0.25) is 0 Å². The lowest BCUT2D eigenvalue weighted by molar-refractivity contribution is 0.628. The normalized spacial score (nSPS) is 10.5. The number of anilines is 4. The number of rotatable bonds is 5. The highest BCUT2D eigenvalue weighted by Gasteiger charge is 2.10. The van der Waals surface area contributed by atoms with Gasteiger partial charge >= 0.3 is 0 Å². The molecule has 0 spiro atoms. The van der Waals surface area contributed by atoms with E-state index in [-0.39, 0.29) is 5.02 Å². The van der Waals surface area contributed by atoms with Gasteiger partial charge in [-0.15, -0.1) is 0 Å². The molecule has 3 aromatic rings. The Kier molecular flexibility index (Phi) is 4.91. The van der Waals surface area contributed by atoms with Crippen molar-refractivity contribution in [3.8, 4) is 0 Å². The SMILES string of the molecule is CCN(c1ccccc1)c1ccnc(Nc2ccc(F)c(Cl)c2)n1. The minimum Gasteiger partial charge on any atom is -0.327 e. The number of hydrogen-bond acceptors (Lipinski definition) is 4. The highest BCUT2D eigenvalue weighted by molar-refractivity contribution is 6.31. The van der Waals surface area contributed by atoms with Crippen molar-refractivity contribution in [3.63, 3.8) is 0 Å². The Labute approximate surface area is 144 Å². The fourth-order valence-electron chi connectivity index (χ4n) is 2.35. The molecule has 0 bridgehead atoms. The Morgan fingerprint density at radius 1 is 1.12 bits per heavy atom. The van der Waals surface area contributed by atoms with Crippen LogP contribution in [0.5, 0.6) is 0 Å². The van der Waals surface area contributed by atoms with Gasteiger partial charge < -0.3 is 10.2 Å². The number of nitrogens with zero attached hydrogens (tertiary/aromatic N) is 3. The van der Waals surface area contributed by atoms with E-state index in [0.717, 1.165) is 18.1 Å². The van der Waals surface area contributed by atoms with Crippen LogP contribution in [0.25, 0.3) is 0 Å². The van der Waals surface area contributed by atoms with Gasteiger partial charge in [0.25, 0.3) is 0 Å². The molecule has 0 aliphatic heterocycles. The lowest BCUT2D eigenvalue weighted by Crippen LogP contribution is -2.17. The van der Waals surface area contributed by atoms with E-state index in [1.807, 2.05) is 36.4 Å². The zero-order valence-electron chi connectivity index (χ0n) is 13.1. The molecule has 0 saturated heterocycles. The fraction of sp³-hybridized carbons (Fsp3) is 0.111. The summed E-state index contributed by atoms with van der Waals surface area (Å²) in [7, 11) is 0. The molecule has 2 aromatic carbocycles. The van der Waals surface area contributed by atoms with E-state index in [9.17, 15) is 4.39 Å². The maximum absolute atomic E-state index is 13.2. The monoisotopic (exact) mass is 342 g/mol. The Morgan fingerprint density at radius 2 is 1.92 bits per heavy atom. The van der Waals surface area contributed by atoms with Gasteiger partial charge in [-0.2, -0.15) is 4.98 Å². The van der Waals surface area contributed by atoms with Crippen LogP contribution in [0.3, 0.4) is 0 Å². The summed E-state index contributed by atoms with van der Waals surface area (Å²) in [6.45, 7) is 2.82. The third-order valence-electron chi connectivity index (χ3n) is 3.48. The van der Waals surface area contributed by atoms with Crippen LogP contribution < -0.4 is 10.2 Å². The number of para-hydroxylation sites is 1. The lowest BCUT2D eigenvalue weighted by atomic mass is 10.3. The van der Waals surface area contributed by atoms with Crippen LogP contribution in [0.2, 0.25) is 5.02 Å². The molecule has 1 heterocycles. The minimum absolute atomic E-state index is 0.0515. The molecular weight excluding hydrogens is 327 g/mol. The number of benzene rings is 2. The summed E-state index contributed by atoms with van der Waals surface area (Å²) in [5.74, 6) is 0.733. The van der Waals surface area contributed by atoms with Gasteiger partial charge in [-0.25, -0.2) is 9.37 Å². The lowest BCUT2D eigenvalue weighted by Gasteiger charge is -2.22. The first-order valence-electron chi connectivity index (χ1n) is 7.55. The zero-order chi connectivity index (χ0) is 16.9. The second kappa shape index (κ2) is 7.27. The summed E-state index contributed by atoms with van der Waals surface area (Å²) in [5.41, 5.74) is 1.68. The van der Waals surface area contributed by atoms with Gasteiger partial charge in [-0.05, 0) is 43.3 Å². The molecule has 0 fully saturated rings. The molecule has 0 amide bonds. The van der Waals surface area contributed by atoms with E-state index < -0.39 is 5.82 Å². The van der Waals surface area contributed by atoms with E-state index in [1.54, 1.807) is 12.3 Å². The van der Waals surface area contributed by atoms with Gasteiger partial charge in [0.1, 0.15) is 11.6 Å². The molecule has 1 aromatic heterocycles. The first-order chi connectivity index (χ1) is 11.7. The van der Waals surface area contributed by atoms with E-state index >= 15 is 0 Å². The summed E-state index contributed by atoms with van der Waals surface area (Å²) < 4.78 is 13.2. The van der Waals surface area contributed by atoms with Crippen molar-refractivity contribution in [2.24, 2.45) is 0 Å². The topological polar surface area (TPSA) is 41.1 Å². The Balaban J connectivity index is 1.86. The number of hydrogen-bond donors (Lipinski definition) is 1. The average Bonchev–Trinajstić information content (AvgIpc) is 2.60. The van der Waals surface area contributed by atoms with Crippen molar-refractivity contribution in [3.05, 3.63) is 71.6 Å². The molecule has 0 atom stereocenters. The Hall–Kier alpha value is -2.66. The maximum Gasteiger partial charge on any atom is 0.229 e. The van der Waals surface area contributed by atoms with Crippen LogP contribution in [0.15, 0.2) is 60.8 Å². The van der Waals surface area contributed by atoms with E-state index in [0.29, 0.717) is 11.6 Å². The van der Waals surface area contributed by atoms with Crippen LogP contribution in [0, 0.1) is 5.82 Å². The molecule has 3 rings (SSSR count). The molecule has 0 saturated carbocycles. The van der Waals surface area contributed by atoms with Crippen molar-refractivity contribution in [1.29, 1.82) is 0 Å². The van der Waals surface area contributed by atoms with Crippen molar-refractivity contribution in [1.82, 2.24) is 9.97 Å². The van der Waals surface area contributed by atoms with Crippen LogP contribution in [0.1, 0.15) is 6.92 Å². The van der Waals surface area contributed by atoms with Crippen molar-refractivity contribution >= 4 is 34.7 Å². The predicted octanol–water partition coefficient (Wildman–Crippen LogP) is 5.17. The number of halogens is 2. The standard InChI is InChI=1S/C18H16ClFN4/c1-2-24(14-6-4-3-5-7-14)17-10-11-21-18(23-17)22-13-8-9-16(20)15(19)12-13/h3-12H,2H2,1H3,(H,21,22,23). The second-order valence-corrected chi connectivity index (χ2v) is 5.48. The summed E-state index contributed by atoms with van der Waals surface area (Å²) in [4.78, 5) is 10.8. The molecule has 0 aliphatic carbocycles. The molecule has 6 heteroatoms. The van der Waals surface area contributed by atoms with Gasteiger partial charge in [0.15, 0.2) is 0 Å². The van der Waals surface area contributed by atoms with Crippen molar-refractivity contribution in [2.75, 3.05) is 16.8 Å². The second-order valence-electron chi connectivity index (χ2n) is 5.07. The molecule has 4 nitrogen and oxygen atoms in total. The summed E-state index contributed by atoms with van der Waals surface area (Å²) in [6, 6.07) is 16.2.